The van der Waals surface area contributed by atoms with Crippen molar-refractivity contribution in [2.75, 3.05) is 13.2 Å². The summed E-state index contributed by atoms with van der Waals surface area (Å²) in [4.78, 5) is 10.2. The minimum Gasteiger partial charge on any atom is -0.428 e. The van der Waals surface area contributed by atoms with E-state index in [1.165, 1.54) is 0 Å². The molecule has 0 amide bonds. The van der Waals surface area contributed by atoms with E-state index in [0.29, 0.717) is 0 Å². The molecule has 0 radical (unpaired) electrons. The Balaban J connectivity index is 2.18. The maximum atomic E-state index is 11.9. The Morgan fingerprint density at radius 2 is 2.64 bits per heavy atom. The fraction of sp³-hybridized carbons (Fsp3) is 0.600. The van der Waals surface area contributed by atoms with Crippen LogP contribution in [0.2, 0.25) is 0 Å². The average molecular weight is 180 g/mol. The predicted octanol–water partition coefficient (Wildman–Crippen LogP) is 0.793. The van der Waals surface area contributed by atoms with Crippen molar-refractivity contribution in [1.82, 2.24) is 0 Å². The van der Waals surface area contributed by atoms with Crippen LogP contribution in [-0.2, 0) is 14.2 Å². The van der Waals surface area contributed by atoms with E-state index in [-0.39, 0.29) is 13.2 Å². The summed E-state index contributed by atoms with van der Waals surface area (Å²) in [6.07, 6.45) is -1.63. The molecule has 6 heteroatoms. The van der Waals surface area contributed by atoms with Crippen molar-refractivity contribution in [3.05, 3.63) is 0 Å². The molecule has 1 aliphatic rings. The summed E-state index contributed by atoms with van der Waals surface area (Å²) in [5.74, 6) is 0. The summed E-state index contributed by atoms with van der Waals surface area (Å²) in [5, 5.41) is -0.784. The maximum absolute atomic E-state index is 11.9. The Bertz CT molecular complexity index is 183. The quantitative estimate of drug-likeness (QED) is 0.365. The molecule has 0 N–H and O–H groups in total. The van der Waals surface area contributed by atoms with E-state index < -0.39 is 17.6 Å². The summed E-state index contributed by atoms with van der Waals surface area (Å²) in [7, 11) is 0. The van der Waals surface area contributed by atoms with Crippen molar-refractivity contribution in [2.24, 2.45) is 0 Å². The van der Waals surface area contributed by atoms with Crippen LogP contribution in [0.4, 0.5) is 9.18 Å². The van der Waals surface area contributed by atoms with Gasteiger partial charge in [-0.15, -0.1) is 0 Å². The molecule has 4 nitrogen and oxygen atoms in total. The van der Waals surface area contributed by atoms with Gasteiger partial charge in [-0.05, 0) is 12.2 Å². The molecule has 0 spiro atoms. The van der Waals surface area contributed by atoms with Gasteiger partial charge >= 0.3 is 6.16 Å². The van der Waals surface area contributed by atoms with Gasteiger partial charge in [-0.3, -0.25) is 0 Å². The highest BCUT2D eigenvalue weighted by molar-refractivity contribution is 7.80. The van der Waals surface area contributed by atoms with Crippen LogP contribution in [0.3, 0.4) is 0 Å². The van der Waals surface area contributed by atoms with Gasteiger partial charge < -0.3 is 14.2 Å². The molecular formula is C5H5FO4S. The smallest absolute Gasteiger partial charge is 0.428 e. The fourth-order valence-electron chi connectivity index (χ4n) is 0.552. The van der Waals surface area contributed by atoms with E-state index >= 15 is 0 Å². The number of halogens is 1. The van der Waals surface area contributed by atoms with Crippen molar-refractivity contribution in [3.8, 4) is 0 Å². The number of thiocarbonyl (C=S) groups is 1. The Morgan fingerprint density at radius 3 is 3.09 bits per heavy atom. The Labute approximate surface area is 67.2 Å². The molecule has 0 aliphatic carbocycles. The second kappa shape index (κ2) is 3.59. The van der Waals surface area contributed by atoms with Crippen molar-refractivity contribution in [3.63, 3.8) is 0 Å². The summed E-state index contributed by atoms with van der Waals surface area (Å²) >= 11 is 4.09. The van der Waals surface area contributed by atoms with E-state index in [1.807, 2.05) is 0 Å². The van der Waals surface area contributed by atoms with E-state index in [4.69, 9.17) is 0 Å². The van der Waals surface area contributed by atoms with E-state index in [9.17, 15) is 9.18 Å². The van der Waals surface area contributed by atoms with Gasteiger partial charge in [-0.25, -0.2) is 4.79 Å². The van der Waals surface area contributed by atoms with Gasteiger partial charge in [0.1, 0.15) is 6.61 Å². The molecule has 1 fully saturated rings. The molecule has 11 heavy (non-hydrogen) atoms. The van der Waals surface area contributed by atoms with E-state index in [1.54, 1.807) is 0 Å². The van der Waals surface area contributed by atoms with Crippen molar-refractivity contribution in [1.29, 1.82) is 0 Å². The number of cyclic esters (lactones) is 2. The molecule has 0 saturated carbocycles. The van der Waals surface area contributed by atoms with Crippen LogP contribution in [0.1, 0.15) is 0 Å². The molecule has 0 aromatic carbocycles. The molecular weight excluding hydrogens is 175 g/mol. The third-order valence-electron chi connectivity index (χ3n) is 0.948. The maximum Gasteiger partial charge on any atom is 0.510 e. The van der Waals surface area contributed by atoms with Gasteiger partial charge in [-0.2, -0.15) is 4.39 Å². The van der Waals surface area contributed by atoms with Crippen LogP contribution < -0.4 is 0 Å². The Morgan fingerprint density at radius 1 is 1.91 bits per heavy atom. The second-order valence-electron chi connectivity index (χ2n) is 1.77. The zero-order valence-corrected chi connectivity index (χ0v) is 6.23. The number of hydrogen-bond donors (Lipinski definition) is 0. The fourth-order valence-corrected chi connectivity index (χ4v) is 0.620. The van der Waals surface area contributed by atoms with Gasteiger partial charge in [0.05, 0.1) is 0 Å². The highest BCUT2D eigenvalue weighted by Gasteiger charge is 2.25. The lowest BCUT2D eigenvalue weighted by atomic mass is 10.7. The van der Waals surface area contributed by atoms with Crippen molar-refractivity contribution in [2.45, 2.75) is 6.29 Å². The molecule has 1 rings (SSSR count). The number of carbonyl (C=O) groups is 1. The Kier molecular flexibility index (Phi) is 2.72. The monoisotopic (exact) mass is 180 g/mol. The molecule has 1 aliphatic heterocycles. The van der Waals surface area contributed by atoms with Gasteiger partial charge in [0.15, 0.2) is 11.7 Å². The average Bonchev–Trinajstić information content (AvgIpc) is 2.31. The first-order chi connectivity index (χ1) is 5.18. The number of hydrogen-bond acceptors (Lipinski definition) is 5. The topological polar surface area (TPSA) is 44.8 Å². The number of ether oxygens (including phenoxy) is 3. The minimum atomic E-state index is -0.823. The predicted molar refractivity (Wildman–Crippen MR) is 35.9 cm³/mol. The molecule has 0 bridgehead atoms. The summed E-state index contributed by atoms with van der Waals surface area (Å²) in [6.45, 7) is -0.363. The van der Waals surface area contributed by atoms with Gasteiger partial charge in [-0.1, -0.05) is 0 Å². The highest BCUT2D eigenvalue weighted by Crippen LogP contribution is 2.07. The standard InChI is InChI=1S/C5H5FO4S/c6-3(11)1-8-4-2-9-5(7)10-4/h4H,1-2H2. The molecule has 1 unspecified atom stereocenters. The van der Waals surface area contributed by atoms with Crippen LogP contribution in [-0.4, -0.2) is 30.8 Å². The normalized spacial score (nSPS) is 22.6. The van der Waals surface area contributed by atoms with Gasteiger partial charge in [0.2, 0.25) is 6.29 Å². The SMILES string of the molecule is O=C1OCC(OCC(F)=S)O1. The number of rotatable bonds is 3. The van der Waals surface area contributed by atoms with Crippen LogP contribution >= 0.6 is 12.2 Å². The van der Waals surface area contributed by atoms with Crippen molar-refractivity contribution >= 4 is 23.5 Å². The van der Waals surface area contributed by atoms with Crippen molar-refractivity contribution < 1.29 is 23.4 Å². The zero-order valence-electron chi connectivity index (χ0n) is 5.41. The third kappa shape index (κ3) is 2.77. The first kappa shape index (κ1) is 8.35. The number of carbonyl (C=O) groups excluding carboxylic acids is 1. The Hall–Kier alpha value is -0.750. The molecule has 1 saturated heterocycles. The highest BCUT2D eigenvalue weighted by atomic mass is 32.1. The third-order valence-corrected chi connectivity index (χ3v) is 1.07. The second-order valence-corrected chi connectivity index (χ2v) is 2.22. The van der Waals surface area contributed by atoms with Gasteiger partial charge in [0.25, 0.3) is 0 Å². The molecule has 1 heterocycles. The minimum absolute atomic E-state index is 0.0125. The first-order valence-electron chi connectivity index (χ1n) is 2.82. The molecule has 0 aromatic rings. The van der Waals surface area contributed by atoms with E-state index in [0.717, 1.165) is 0 Å². The summed E-state index contributed by atoms with van der Waals surface area (Å²) < 4.78 is 25.3. The molecule has 0 aromatic heterocycles. The lowest BCUT2D eigenvalue weighted by molar-refractivity contribution is -0.0631. The largest absolute Gasteiger partial charge is 0.510 e. The zero-order chi connectivity index (χ0) is 8.27. The van der Waals surface area contributed by atoms with Crippen LogP contribution in [0.5, 0.6) is 0 Å². The first-order valence-corrected chi connectivity index (χ1v) is 3.22. The lowest BCUT2D eigenvalue weighted by Crippen LogP contribution is -2.17. The lowest BCUT2D eigenvalue weighted by Gasteiger charge is -2.04. The van der Waals surface area contributed by atoms with Crippen LogP contribution in [0.15, 0.2) is 0 Å². The van der Waals surface area contributed by atoms with Crippen LogP contribution in [0, 0.1) is 0 Å². The summed E-state index contributed by atoms with van der Waals surface area (Å²) in [5.41, 5.74) is 0. The molecule has 62 valence electrons. The van der Waals surface area contributed by atoms with Crippen LogP contribution in [0.25, 0.3) is 0 Å². The molecule has 1 atom stereocenters. The van der Waals surface area contributed by atoms with Gasteiger partial charge in [0, 0.05) is 0 Å². The van der Waals surface area contributed by atoms with E-state index in [2.05, 4.69) is 26.4 Å². The summed E-state index contributed by atoms with van der Waals surface area (Å²) in [6, 6.07) is 0.